The van der Waals surface area contributed by atoms with Crippen LogP contribution in [0, 0.1) is 17.8 Å². The molecule has 1 rings (SSSR count). The molecule has 5 N–H and O–H groups in total. The number of carbonyl (C=O) groups is 3. The largest absolute Gasteiger partial charge is 0.481 e. The molecule has 10 heteroatoms. The number of esters is 1. The highest BCUT2D eigenvalue weighted by Crippen LogP contribution is 2.27. The summed E-state index contributed by atoms with van der Waals surface area (Å²) in [4.78, 5) is 35.5. The molecule has 238 valence electrons. The zero-order valence-corrected chi connectivity index (χ0v) is 25.9. The second-order valence-electron chi connectivity index (χ2n) is 10.9. The van der Waals surface area contributed by atoms with Gasteiger partial charge in [-0.3, -0.25) is 9.59 Å². The molecule has 1 aliphatic rings. The van der Waals surface area contributed by atoms with E-state index in [4.69, 9.17) is 21.4 Å². The molecule has 0 aromatic carbocycles. The Morgan fingerprint density at radius 2 is 1.53 bits per heavy atom. The number of ether oxygens (including phenoxy) is 1. The van der Waals surface area contributed by atoms with Crippen LogP contribution in [0.2, 0.25) is 0 Å². The Hall–Kier alpha value is -3.08. The summed E-state index contributed by atoms with van der Waals surface area (Å²) < 4.78 is 5.21. The van der Waals surface area contributed by atoms with Gasteiger partial charge in [0.25, 0.3) is 0 Å². The van der Waals surface area contributed by atoms with E-state index in [1.165, 1.54) is 24.3 Å². The Morgan fingerprint density at radius 1 is 0.907 bits per heavy atom. The molecule has 7 atom stereocenters. The summed E-state index contributed by atoms with van der Waals surface area (Å²) in [6.45, 7) is 7.40. The fourth-order valence-corrected chi connectivity index (χ4v) is 4.26. The van der Waals surface area contributed by atoms with Gasteiger partial charge < -0.3 is 30.3 Å². The number of hydrogen-bond acceptors (Lipinski definition) is 8. The Bertz CT molecular complexity index is 1130. The quantitative estimate of drug-likeness (QED) is 0.0960. The normalized spacial score (nSPS) is 23.5. The van der Waals surface area contributed by atoms with E-state index in [1.807, 2.05) is 26.8 Å². The van der Waals surface area contributed by atoms with Crippen molar-refractivity contribution in [3.63, 3.8) is 0 Å². The smallest absolute Gasteiger partial charge is 0.331 e. The van der Waals surface area contributed by atoms with Gasteiger partial charge in [0.1, 0.15) is 12.2 Å². The molecule has 0 bridgehead atoms. The fourth-order valence-electron chi connectivity index (χ4n) is 4.06. The van der Waals surface area contributed by atoms with Crippen LogP contribution in [0.15, 0.2) is 83.5 Å². The van der Waals surface area contributed by atoms with Crippen molar-refractivity contribution in [2.45, 2.75) is 83.9 Å². The molecule has 0 aromatic rings. The Morgan fingerprint density at radius 3 is 2.19 bits per heavy atom. The van der Waals surface area contributed by atoms with Crippen LogP contribution in [0.3, 0.4) is 0 Å². The molecular weight excluding hydrogens is 576 g/mol. The minimum atomic E-state index is -1.71. The van der Waals surface area contributed by atoms with E-state index < -0.39 is 60.1 Å². The van der Waals surface area contributed by atoms with Gasteiger partial charge in [0.2, 0.25) is 0 Å². The van der Waals surface area contributed by atoms with Crippen LogP contribution in [0.25, 0.3) is 0 Å². The third-order valence-electron chi connectivity index (χ3n) is 6.75. The van der Waals surface area contributed by atoms with E-state index in [2.05, 4.69) is 0 Å². The lowest BCUT2D eigenvalue weighted by Gasteiger charge is -2.30. The van der Waals surface area contributed by atoms with Crippen molar-refractivity contribution in [3.05, 3.63) is 83.5 Å². The average Bonchev–Trinajstić information content (AvgIpc) is 2.95. The first-order valence-corrected chi connectivity index (χ1v) is 14.7. The first-order chi connectivity index (χ1) is 20.2. The minimum Gasteiger partial charge on any atom is -0.481 e. The predicted molar refractivity (Wildman–Crippen MR) is 166 cm³/mol. The number of aliphatic hydroxyl groups is 4. The van der Waals surface area contributed by atoms with Gasteiger partial charge in [-0.2, -0.15) is 0 Å². The Labute approximate surface area is 258 Å². The van der Waals surface area contributed by atoms with Crippen LogP contribution in [0.5, 0.6) is 0 Å². The fraction of sp³-hybridized carbons (Fsp3) is 0.485. The molecule has 0 aliphatic heterocycles. The van der Waals surface area contributed by atoms with Crippen molar-refractivity contribution in [3.8, 4) is 0 Å². The number of allylic oxidation sites excluding steroid dienone is 11. The second kappa shape index (κ2) is 20.0. The lowest BCUT2D eigenvalue weighted by atomic mass is 9.85. The lowest BCUT2D eigenvalue weighted by Crippen LogP contribution is -2.39. The molecule has 1 fully saturated rings. The van der Waals surface area contributed by atoms with E-state index in [0.717, 1.165) is 5.57 Å². The van der Waals surface area contributed by atoms with Gasteiger partial charge in [-0.25, -0.2) is 4.79 Å². The van der Waals surface area contributed by atoms with E-state index in [9.17, 15) is 34.8 Å². The number of carboxylic acids is 1. The molecule has 43 heavy (non-hydrogen) atoms. The summed E-state index contributed by atoms with van der Waals surface area (Å²) in [6, 6.07) is 0. The van der Waals surface area contributed by atoms with Crippen molar-refractivity contribution >= 4 is 29.3 Å². The molecule has 1 aliphatic carbocycles. The molecule has 9 nitrogen and oxygen atoms in total. The summed E-state index contributed by atoms with van der Waals surface area (Å²) in [5.74, 6) is -3.38. The number of Topliss-reactive ketones (excluding diaryl/α,β-unsaturated/α-hetero) is 1. The van der Waals surface area contributed by atoms with Crippen molar-refractivity contribution in [1.29, 1.82) is 0 Å². The third-order valence-corrected chi connectivity index (χ3v) is 7.22. The van der Waals surface area contributed by atoms with Gasteiger partial charge in [-0.05, 0) is 31.8 Å². The van der Waals surface area contributed by atoms with Crippen molar-refractivity contribution in [2.75, 3.05) is 0 Å². The first-order valence-electron chi connectivity index (χ1n) is 14.3. The van der Waals surface area contributed by atoms with Crippen LogP contribution in [-0.2, 0) is 19.1 Å². The van der Waals surface area contributed by atoms with Gasteiger partial charge >= 0.3 is 11.9 Å². The summed E-state index contributed by atoms with van der Waals surface area (Å²) in [5.41, 5.74) is 0.826. The summed E-state index contributed by atoms with van der Waals surface area (Å²) in [7, 11) is 0. The second-order valence-corrected chi connectivity index (χ2v) is 11.4. The highest BCUT2D eigenvalue weighted by molar-refractivity contribution is 6.30. The average molecular weight is 621 g/mol. The number of carbonyl (C=O) groups excluding carboxylic acids is 2. The number of carboxylic acid groups (broad SMARTS) is 1. The molecule has 0 heterocycles. The molecule has 0 amide bonds. The van der Waals surface area contributed by atoms with Crippen LogP contribution in [0.4, 0.5) is 0 Å². The SMILES string of the molecule is CC(/C=C/C=C/C(=O)O[C@@H]1C[C@@H](C(=O)O)CC[C@@H]1O)=C\C=C\C=C(/Cl)[C@@H](C)[C@@H](O)[C@H](O)C(=O)C[C@@H](O)/C=C/C=C/C(C)C. The van der Waals surface area contributed by atoms with Crippen molar-refractivity contribution in [2.24, 2.45) is 17.8 Å². The van der Waals surface area contributed by atoms with Crippen LogP contribution in [0.1, 0.15) is 53.4 Å². The van der Waals surface area contributed by atoms with Gasteiger partial charge in [0.15, 0.2) is 5.78 Å². The molecule has 0 aromatic heterocycles. The lowest BCUT2D eigenvalue weighted by molar-refractivity contribution is -0.159. The molecular formula is C33H45ClO9. The van der Waals surface area contributed by atoms with E-state index in [1.54, 1.807) is 49.5 Å². The topological polar surface area (TPSA) is 162 Å². The number of aliphatic hydroxyl groups excluding tert-OH is 4. The van der Waals surface area contributed by atoms with Gasteiger partial charge in [0, 0.05) is 29.9 Å². The van der Waals surface area contributed by atoms with E-state index in [-0.39, 0.29) is 24.3 Å². The number of ketones is 1. The molecule has 0 saturated heterocycles. The molecule has 0 unspecified atom stereocenters. The molecule has 0 spiro atoms. The summed E-state index contributed by atoms with van der Waals surface area (Å²) >= 11 is 6.27. The number of rotatable bonds is 16. The van der Waals surface area contributed by atoms with Gasteiger partial charge in [-0.1, -0.05) is 98.7 Å². The zero-order chi connectivity index (χ0) is 32.5. The van der Waals surface area contributed by atoms with E-state index >= 15 is 0 Å². The maximum atomic E-state index is 12.3. The summed E-state index contributed by atoms with van der Waals surface area (Å²) in [5, 5.41) is 50.0. The van der Waals surface area contributed by atoms with E-state index in [0.29, 0.717) is 12.3 Å². The molecule has 1 saturated carbocycles. The molecule has 0 radical (unpaired) electrons. The minimum absolute atomic E-state index is 0.0773. The predicted octanol–water partition coefficient (Wildman–Crippen LogP) is 4.33. The highest BCUT2D eigenvalue weighted by atomic mass is 35.5. The summed E-state index contributed by atoms with van der Waals surface area (Å²) in [6.07, 6.45) is 13.7. The van der Waals surface area contributed by atoms with Crippen LogP contribution >= 0.6 is 11.6 Å². The van der Waals surface area contributed by atoms with Crippen LogP contribution in [-0.4, -0.2) is 73.8 Å². The number of hydrogen-bond donors (Lipinski definition) is 5. The number of halogens is 1. The zero-order valence-electron chi connectivity index (χ0n) is 25.1. The van der Waals surface area contributed by atoms with Crippen molar-refractivity contribution < 1.29 is 44.7 Å². The number of aliphatic carboxylic acids is 1. The van der Waals surface area contributed by atoms with Crippen LogP contribution < -0.4 is 0 Å². The monoisotopic (exact) mass is 620 g/mol. The van der Waals surface area contributed by atoms with Crippen molar-refractivity contribution in [1.82, 2.24) is 0 Å². The first kappa shape index (κ1) is 37.9. The standard InChI is InChI=1S/C33H45ClO9/c1-21(2)11-5-8-14-25(35)20-28(37)32(40)31(39)23(4)26(34)15-9-6-12-22(3)13-7-10-16-30(38)43-29-19-24(33(41)42)17-18-27(29)36/h5-16,21,23-25,27,29,31-32,35-36,39-40H,17-20H2,1-4H3,(H,41,42)/b9-6+,11-5+,13-7+,14-8+,16-10+,22-12+,26-15-/t23-,24+,25+,27+,29-,31-,32-/m1/s1. The Balaban J connectivity index is 2.57. The highest BCUT2D eigenvalue weighted by Gasteiger charge is 2.35. The Kier molecular flexibility index (Phi) is 17.6. The maximum Gasteiger partial charge on any atom is 0.331 e. The maximum absolute atomic E-state index is 12.3. The van der Waals surface area contributed by atoms with Gasteiger partial charge in [-0.15, -0.1) is 0 Å². The van der Waals surface area contributed by atoms with Gasteiger partial charge in [0.05, 0.1) is 24.2 Å². The third kappa shape index (κ3) is 15.3.